The van der Waals surface area contributed by atoms with Crippen LogP contribution in [0.1, 0.15) is 21.6 Å². The number of aromatic amines is 1. The van der Waals surface area contributed by atoms with Crippen molar-refractivity contribution in [2.45, 2.75) is 13.0 Å². The first-order valence-electron chi connectivity index (χ1n) is 5.76. The lowest BCUT2D eigenvalue weighted by molar-refractivity contribution is 0.0949. The first kappa shape index (κ1) is 12.3. The second-order valence-corrected chi connectivity index (χ2v) is 3.95. The molecule has 1 amide bonds. The van der Waals surface area contributed by atoms with Crippen molar-refractivity contribution in [3.05, 3.63) is 53.3 Å². The molecule has 0 aliphatic rings. The van der Waals surface area contributed by atoms with Crippen molar-refractivity contribution in [2.24, 2.45) is 0 Å². The number of nitrogens with one attached hydrogen (secondary N) is 2. The summed E-state index contributed by atoms with van der Waals surface area (Å²) < 4.78 is 0. The lowest BCUT2D eigenvalue weighted by atomic mass is 10.1. The lowest BCUT2D eigenvalue weighted by Gasteiger charge is -2.04. The Morgan fingerprint density at radius 1 is 1.22 bits per heavy atom. The highest BCUT2D eigenvalue weighted by molar-refractivity contribution is 5.92. The fourth-order valence-electron chi connectivity index (χ4n) is 1.61. The average Bonchev–Trinajstić information content (AvgIpc) is 2.93. The maximum Gasteiger partial charge on any atom is 0.269 e. The molecular weight excluding hydrogens is 230 g/mol. The first-order chi connectivity index (χ1) is 8.79. The van der Waals surface area contributed by atoms with Gasteiger partial charge < -0.3 is 10.4 Å². The Balaban J connectivity index is 1.79. The number of aliphatic hydroxyl groups is 1. The van der Waals surface area contributed by atoms with Gasteiger partial charge in [-0.2, -0.15) is 5.10 Å². The second kappa shape index (κ2) is 5.97. The molecule has 0 spiro atoms. The molecule has 5 heteroatoms. The molecular formula is C13H15N3O2. The third-order valence-corrected chi connectivity index (χ3v) is 2.65. The summed E-state index contributed by atoms with van der Waals surface area (Å²) in [6, 6.07) is 9.30. The van der Waals surface area contributed by atoms with Gasteiger partial charge in [-0.3, -0.25) is 9.89 Å². The molecule has 1 heterocycles. The minimum absolute atomic E-state index is 0.0524. The van der Waals surface area contributed by atoms with Crippen molar-refractivity contribution < 1.29 is 9.90 Å². The number of benzene rings is 1. The number of nitrogens with zero attached hydrogens (tertiary/aromatic N) is 1. The molecule has 2 aromatic rings. The van der Waals surface area contributed by atoms with Gasteiger partial charge in [-0.15, -0.1) is 0 Å². The summed E-state index contributed by atoms with van der Waals surface area (Å²) in [5.41, 5.74) is 2.47. The van der Waals surface area contributed by atoms with Crippen LogP contribution in [-0.4, -0.2) is 27.8 Å². The highest BCUT2D eigenvalue weighted by Gasteiger charge is 2.05. The predicted octanol–water partition coefficient (Wildman–Crippen LogP) is 0.874. The van der Waals surface area contributed by atoms with E-state index in [9.17, 15) is 4.79 Å². The van der Waals surface area contributed by atoms with Crippen LogP contribution in [0.5, 0.6) is 0 Å². The normalized spacial score (nSPS) is 10.3. The molecule has 0 unspecified atom stereocenters. The van der Waals surface area contributed by atoms with Crippen LogP contribution in [0.2, 0.25) is 0 Å². The van der Waals surface area contributed by atoms with Gasteiger partial charge in [0.05, 0.1) is 6.61 Å². The Hall–Kier alpha value is -2.14. The van der Waals surface area contributed by atoms with E-state index in [-0.39, 0.29) is 12.5 Å². The second-order valence-electron chi connectivity index (χ2n) is 3.95. The van der Waals surface area contributed by atoms with Crippen molar-refractivity contribution in [1.82, 2.24) is 15.5 Å². The number of aromatic nitrogens is 2. The summed E-state index contributed by atoms with van der Waals surface area (Å²) in [6.45, 7) is 0.618. The third-order valence-electron chi connectivity index (χ3n) is 2.65. The van der Waals surface area contributed by atoms with Crippen molar-refractivity contribution in [3.8, 4) is 0 Å². The molecule has 18 heavy (non-hydrogen) atoms. The van der Waals surface area contributed by atoms with Gasteiger partial charge in [0, 0.05) is 12.7 Å². The zero-order chi connectivity index (χ0) is 12.8. The van der Waals surface area contributed by atoms with E-state index in [0.29, 0.717) is 12.2 Å². The maximum atomic E-state index is 11.6. The van der Waals surface area contributed by atoms with E-state index in [1.807, 2.05) is 24.3 Å². The summed E-state index contributed by atoms with van der Waals surface area (Å²) in [7, 11) is 0. The van der Waals surface area contributed by atoms with Crippen molar-refractivity contribution >= 4 is 5.91 Å². The quantitative estimate of drug-likeness (QED) is 0.731. The Bertz CT molecular complexity index is 491. The molecule has 0 bridgehead atoms. The molecule has 5 nitrogen and oxygen atoms in total. The van der Waals surface area contributed by atoms with Crippen LogP contribution in [0.25, 0.3) is 0 Å². The Morgan fingerprint density at radius 2 is 1.94 bits per heavy atom. The van der Waals surface area contributed by atoms with Crippen LogP contribution < -0.4 is 5.32 Å². The summed E-state index contributed by atoms with van der Waals surface area (Å²) in [4.78, 5) is 11.6. The van der Waals surface area contributed by atoms with Gasteiger partial charge in [0.15, 0.2) is 0 Å². The minimum atomic E-state index is -0.153. The summed E-state index contributed by atoms with van der Waals surface area (Å²) in [5, 5.41) is 18.0. The summed E-state index contributed by atoms with van der Waals surface area (Å²) >= 11 is 0. The molecule has 0 radical (unpaired) electrons. The van der Waals surface area contributed by atoms with Crippen molar-refractivity contribution in [3.63, 3.8) is 0 Å². The van der Waals surface area contributed by atoms with Gasteiger partial charge in [0.1, 0.15) is 5.69 Å². The van der Waals surface area contributed by atoms with E-state index in [4.69, 9.17) is 5.11 Å². The number of aliphatic hydroxyl groups excluding tert-OH is 1. The molecule has 0 fully saturated rings. The minimum Gasteiger partial charge on any atom is -0.392 e. The zero-order valence-corrected chi connectivity index (χ0v) is 9.89. The van der Waals surface area contributed by atoms with Crippen molar-refractivity contribution in [1.29, 1.82) is 0 Å². The van der Waals surface area contributed by atoms with Crippen LogP contribution >= 0.6 is 0 Å². The van der Waals surface area contributed by atoms with Crippen LogP contribution in [0.4, 0.5) is 0 Å². The van der Waals surface area contributed by atoms with Crippen LogP contribution in [0.3, 0.4) is 0 Å². The van der Waals surface area contributed by atoms with E-state index in [1.54, 1.807) is 12.3 Å². The van der Waals surface area contributed by atoms with Gasteiger partial charge in [0.2, 0.25) is 0 Å². The van der Waals surface area contributed by atoms with E-state index in [0.717, 1.165) is 17.5 Å². The molecule has 94 valence electrons. The Labute approximate surface area is 105 Å². The molecule has 0 atom stereocenters. The maximum absolute atomic E-state index is 11.6. The number of hydrogen-bond donors (Lipinski definition) is 3. The number of carbonyl (C=O) groups excluding carboxylic acids is 1. The standard InChI is InChI=1S/C13H15N3O2/c17-9-11-3-1-10(2-4-11)5-7-14-13(18)12-6-8-15-16-12/h1-4,6,8,17H,5,7,9H2,(H,14,18)(H,15,16). The summed E-state index contributed by atoms with van der Waals surface area (Å²) in [6.07, 6.45) is 2.30. The average molecular weight is 245 g/mol. The highest BCUT2D eigenvalue weighted by Crippen LogP contribution is 2.04. The van der Waals surface area contributed by atoms with Gasteiger partial charge in [-0.1, -0.05) is 24.3 Å². The first-order valence-corrected chi connectivity index (χ1v) is 5.76. The van der Waals surface area contributed by atoms with E-state index < -0.39 is 0 Å². The molecule has 0 saturated heterocycles. The topological polar surface area (TPSA) is 78.0 Å². The van der Waals surface area contributed by atoms with Crippen LogP contribution in [0, 0.1) is 0 Å². The molecule has 1 aromatic carbocycles. The largest absolute Gasteiger partial charge is 0.392 e. The zero-order valence-electron chi connectivity index (χ0n) is 9.89. The lowest BCUT2D eigenvalue weighted by Crippen LogP contribution is -2.26. The van der Waals surface area contributed by atoms with E-state index in [2.05, 4.69) is 15.5 Å². The molecule has 0 saturated carbocycles. The molecule has 0 aliphatic heterocycles. The number of hydrogen-bond acceptors (Lipinski definition) is 3. The molecule has 3 N–H and O–H groups in total. The van der Waals surface area contributed by atoms with Gasteiger partial charge in [-0.25, -0.2) is 0 Å². The van der Waals surface area contributed by atoms with Crippen molar-refractivity contribution in [2.75, 3.05) is 6.54 Å². The smallest absolute Gasteiger partial charge is 0.269 e. The summed E-state index contributed by atoms with van der Waals surface area (Å²) in [5.74, 6) is -0.153. The fourth-order valence-corrected chi connectivity index (χ4v) is 1.61. The predicted molar refractivity (Wildman–Crippen MR) is 67.0 cm³/mol. The number of H-pyrrole nitrogens is 1. The third kappa shape index (κ3) is 3.18. The number of carbonyl (C=O) groups is 1. The molecule has 1 aromatic heterocycles. The monoisotopic (exact) mass is 245 g/mol. The Kier molecular flexibility index (Phi) is 4.09. The Morgan fingerprint density at radius 3 is 2.56 bits per heavy atom. The van der Waals surface area contributed by atoms with Crippen LogP contribution in [-0.2, 0) is 13.0 Å². The van der Waals surface area contributed by atoms with E-state index >= 15 is 0 Å². The SMILES string of the molecule is O=C(NCCc1ccc(CO)cc1)c1ccn[nH]1. The van der Waals surface area contributed by atoms with Gasteiger partial charge >= 0.3 is 0 Å². The van der Waals surface area contributed by atoms with Gasteiger partial charge in [-0.05, 0) is 23.6 Å². The van der Waals surface area contributed by atoms with E-state index in [1.165, 1.54) is 0 Å². The highest BCUT2D eigenvalue weighted by atomic mass is 16.3. The van der Waals surface area contributed by atoms with Crippen LogP contribution in [0.15, 0.2) is 36.5 Å². The van der Waals surface area contributed by atoms with Gasteiger partial charge in [0.25, 0.3) is 5.91 Å². The number of rotatable bonds is 5. The number of amides is 1. The fraction of sp³-hybridized carbons (Fsp3) is 0.231. The molecule has 0 aliphatic carbocycles. The molecule has 2 rings (SSSR count).